The minimum absolute atomic E-state index is 0. The highest BCUT2D eigenvalue weighted by Gasteiger charge is 2.10. The molecule has 3 N–H and O–H groups in total. The highest BCUT2D eigenvalue weighted by Crippen LogP contribution is 2.21. The summed E-state index contributed by atoms with van der Waals surface area (Å²) in [5.74, 6) is 1.81. The SMILES string of the molecule is Cl.NCCOc1ccc(NC(=O)CCCc2nc(-c3cccs3)no2)cc1. The molecule has 144 valence electrons. The molecule has 0 aliphatic carbocycles. The van der Waals surface area contributed by atoms with E-state index in [1.54, 1.807) is 35.6 Å². The van der Waals surface area contributed by atoms with Crippen LogP contribution >= 0.6 is 23.7 Å². The summed E-state index contributed by atoms with van der Waals surface area (Å²) in [4.78, 5) is 17.3. The normalized spacial score (nSPS) is 10.3. The standard InChI is InChI=1S/C18H20N4O3S.ClH/c19-10-11-24-14-8-6-13(7-9-14)20-16(23)4-1-5-17-21-18(22-25-17)15-3-2-12-26-15;/h2-3,6-9,12H,1,4-5,10-11,19H2,(H,20,23);1H. The second kappa shape index (κ2) is 10.7. The second-order valence-corrected chi connectivity index (χ2v) is 6.50. The first-order valence-electron chi connectivity index (χ1n) is 8.34. The lowest BCUT2D eigenvalue weighted by Crippen LogP contribution is -2.12. The predicted molar refractivity (Wildman–Crippen MR) is 107 cm³/mol. The number of rotatable bonds is 9. The van der Waals surface area contributed by atoms with E-state index in [4.69, 9.17) is 15.0 Å². The zero-order chi connectivity index (χ0) is 18.2. The van der Waals surface area contributed by atoms with E-state index in [9.17, 15) is 4.79 Å². The van der Waals surface area contributed by atoms with Crippen LogP contribution in [0.5, 0.6) is 5.75 Å². The molecule has 0 atom stereocenters. The third-order valence-corrected chi connectivity index (χ3v) is 4.39. The number of anilines is 1. The van der Waals surface area contributed by atoms with Gasteiger partial charge in [0.05, 0.1) is 4.88 Å². The van der Waals surface area contributed by atoms with Crippen LogP contribution in [0, 0.1) is 0 Å². The molecule has 0 aliphatic rings. The molecule has 2 heterocycles. The van der Waals surface area contributed by atoms with Crippen molar-refractivity contribution in [1.29, 1.82) is 0 Å². The summed E-state index contributed by atoms with van der Waals surface area (Å²) in [6.45, 7) is 0.933. The number of thiophene rings is 1. The molecule has 0 spiro atoms. The van der Waals surface area contributed by atoms with Crippen LogP contribution in [0.25, 0.3) is 10.7 Å². The Morgan fingerprint density at radius 2 is 2.07 bits per heavy atom. The lowest BCUT2D eigenvalue weighted by Gasteiger charge is -2.07. The number of amides is 1. The van der Waals surface area contributed by atoms with Crippen LogP contribution in [0.15, 0.2) is 46.3 Å². The number of aromatic nitrogens is 2. The van der Waals surface area contributed by atoms with Crippen molar-refractivity contribution in [2.75, 3.05) is 18.5 Å². The first-order chi connectivity index (χ1) is 12.7. The van der Waals surface area contributed by atoms with Crippen LogP contribution in [0.1, 0.15) is 18.7 Å². The van der Waals surface area contributed by atoms with Gasteiger partial charge in [-0.15, -0.1) is 23.7 Å². The molecule has 0 aliphatic heterocycles. The van der Waals surface area contributed by atoms with Gasteiger partial charge in [-0.05, 0) is 42.1 Å². The highest BCUT2D eigenvalue weighted by atomic mass is 35.5. The third kappa shape index (κ3) is 6.35. The maximum atomic E-state index is 12.0. The number of carbonyl (C=O) groups is 1. The Balaban J connectivity index is 0.00000261. The van der Waals surface area contributed by atoms with Gasteiger partial charge in [0.25, 0.3) is 0 Å². The largest absolute Gasteiger partial charge is 0.492 e. The Bertz CT molecular complexity index is 822. The molecule has 0 radical (unpaired) electrons. The van der Waals surface area contributed by atoms with Gasteiger partial charge >= 0.3 is 0 Å². The number of ether oxygens (including phenoxy) is 1. The van der Waals surface area contributed by atoms with Gasteiger partial charge in [-0.1, -0.05) is 11.2 Å². The molecular formula is C18H21ClN4O3S. The van der Waals surface area contributed by atoms with Gasteiger partial charge in [-0.3, -0.25) is 4.79 Å². The lowest BCUT2D eigenvalue weighted by atomic mass is 10.2. The fourth-order valence-electron chi connectivity index (χ4n) is 2.30. The Labute approximate surface area is 167 Å². The topological polar surface area (TPSA) is 103 Å². The second-order valence-electron chi connectivity index (χ2n) is 5.55. The van der Waals surface area contributed by atoms with Gasteiger partial charge in [0.15, 0.2) is 0 Å². The Hall–Kier alpha value is -2.42. The zero-order valence-corrected chi connectivity index (χ0v) is 16.2. The van der Waals surface area contributed by atoms with Gasteiger partial charge < -0.3 is 20.3 Å². The van der Waals surface area contributed by atoms with Crippen molar-refractivity contribution in [3.8, 4) is 16.5 Å². The van der Waals surface area contributed by atoms with E-state index >= 15 is 0 Å². The molecule has 1 aromatic carbocycles. The minimum Gasteiger partial charge on any atom is -0.492 e. The first kappa shape index (κ1) is 20.9. The summed E-state index contributed by atoms with van der Waals surface area (Å²) in [6, 6.07) is 11.1. The summed E-state index contributed by atoms with van der Waals surface area (Å²) in [5.41, 5.74) is 6.12. The molecule has 2 aromatic heterocycles. The number of nitrogens with zero attached hydrogens (tertiary/aromatic N) is 2. The quantitative estimate of drug-likeness (QED) is 0.561. The number of carbonyl (C=O) groups excluding carboxylic acids is 1. The minimum atomic E-state index is -0.0568. The molecule has 0 bridgehead atoms. The maximum Gasteiger partial charge on any atom is 0.226 e. The van der Waals surface area contributed by atoms with Crippen LogP contribution in [0.4, 0.5) is 5.69 Å². The van der Waals surface area contributed by atoms with Gasteiger partial charge in [-0.2, -0.15) is 4.98 Å². The Morgan fingerprint density at radius 3 is 2.78 bits per heavy atom. The number of aryl methyl sites for hydroxylation is 1. The zero-order valence-electron chi connectivity index (χ0n) is 14.6. The number of hydrogen-bond donors (Lipinski definition) is 2. The number of halogens is 1. The van der Waals surface area contributed by atoms with Gasteiger partial charge in [0.1, 0.15) is 12.4 Å². The van der Waals surface area contributed by atoms with Crippen molar-refractivity contribution in [3.05, 3.63) is 47.7 Å². The average molecular weight is 409 g/mol. The summed E-state index contributed by atoms with van der Waals surface area (Å²) in [6.07, 6.45) is 1.58. The third-order valence-electron chi connectivity index (χ3n) is 3.53. The lowest BCUT2D eigenvalue weighted by molar-refractivity contribution is -0.116. The van der Waals surface area contributed by atoms with Crippen LogP contribution in [0.3, 0.4) is 0 Å². The van der Waals surface area contributed by atoms with E-state index in [1.165, 1.54) is 0 Å². The maximum absolute atomic E-state index is 12.0. The number of benzene rings is 1. The molecule has 0 unspecified atom stereocenters. The van der Waals surface area contributed by atoms with Crippen molar-refractivity contribution in [2.24, 2.45) is 5.73 Å². The van der Waals surface area contributed by atoms with E-state index in [0.29, 0.717) is 44.1 Å². The summed E-state index contributed by atoms with van der Waals surface area (Å²) in [5, 5.41) is 8.78. The van der Waals surface area contributed by atoms with E-state index in [2.05, 4.69) is 15.5 Å². The molecular weight excluding hydrogens is 388 g/mol. The molecule has 0 fully saturated rings. The van der Waals surface area contributed by atoms with Crippen LogP contribution in [0.2, 0.25) is 0 Å². The van der Waals surface area contributed by atoms with Crippen molar-refractivity contribution >= 4 is 35.3 Å². The monoisotopic (exact) mass is 408 g/mol. The summed E-state index contributed by atoms with van der Waals surface area (Å²) in [7, 11) is 0. The summed E-state index contributed by atoms with van der Waals surface area (Å²) >= 11 is 1.56. The van der Waals surface area contributed by atoms with Gasteiger partial charge in [-0.25, -0.2) is 0 Å². The van der Waals surface area contributed by atoms with Crippen LogP contribution in [-0.4, -0.2) is 29.2 Å². The fourth-order valence-corrected chi connectivity index (χ4v) is 2.95. The molecule has 7 nitrogen and oxygen atoms in total. The molecule has 1 amide bonds. The molecule has 27 heavy (non-hydrogen) atoms. The Kier molecular flexibility index (Phi) is 8.25. The smallest absolute Gasteiger partial charge is 0.226 e. The Morgan fingerprint density at radius 1 is 1.26 bits per heavy atom. The van der Waals surface area contributed by atoms with Crippen molar-refractivity contribution < 1.29 is 14.1 Å². The fraction of sp³-hybridized carbons (Fsp3) is 0.278. The van der Waals surface area contributed by atoms with E-state index in [1.807, 2.05) is 17.5 Å². The molecule has 3 rings (SSSR count). The van der Waals surface area contributed by atoms with E-state index in [-0.39, 0.29) is 18.3 Å². The molecule has 0 saturated carbocycles. The van der Waals surface area contributed by atoms with Crippen molar-refractivity contribution in [2.45, 2.75) is 19.3 Å². The van der Waals surface area contributed by atoms with Crippen molar-refractivity contribution in [3.63, 3.8) is 0 Å². The first-order valence-corrected chi connectivity index (χ1v) is 9.22. The van der Waals surface area contributed by atoms with Crippen molar-refractivity contribution in [1.82, 2.24) is 10.1 Å². The summed E-state index contributed by atoms with van der Waals surface area (Å²) < 4.78 is 10.6. The highest BCUT2D eigenvalue weighted by molar-refractivity contribution is 7.13. The molecule has 3 aromatic rings. The number of hydrogen-bond acceptors (Lipinski definition) is 7. The van der Waals surface area contributed by atoms with Gasteiger partial charge in [0, 0.05) is 25.1 Å². The average Bonchev–Trinajstić information content (AvgIpc) is 3.32. The number of nitrogens with one attached hydrogen (secondary N) is 1. The van der Waals surface area contributed by atoms with E-state index in [0.717, 1.165) is 16.3 Å². The predicted octanol–water partition coefficient (Wildman–Crippen LogP) is 3.52. The van der Waals surface area contributed by atoms with Crippen LogP contribution < -0.4 is 15.8 Å². The number of nitrogens with two attached hydrogens (primary N) is 1. The van der Waals surface area contributed by atoms with E-state index < -0.39 is 0 Å². The van der Waals surface area contributed by atoms with Crippen LogP contribution in [-0.2, 0) is 11.2 Å². The molecule has 9 heteroatoms. The molecule has 0 saturated heterocycles. The van der Waals surface area contributed by atoms with Gasteiger partial charge in [0.2, 0.25) is 17.6 Å².